The predicted molar refractivity (Wildman–Crippen MR) is 138 cm³/mol. The van der Waals surface area contributed by atoms with E-state index in [4.69, 9.17) is 22.3 Å². The van der Waals surface area contributed by atoms with Crippen LogP contribution in [0.2, 0.25) is 5.02 Å². The first kappa shape index (κ1) is 23.6. The van der Waals surface area contributed by atoms with Crippen molar-refractivity contribution in [2.75, 3.05) is 55.8 Å². The van der Waals surface area contributed by atoms with Gasteiger partial charge in [0.2, 0.25) is 11.7 Å². The lowest BCUT2D eigenvalue weighted by atomic mass is 10.0. The molecule has 2 aliphatic rings. The van der Waals surface area contributed by atoms with Crippen LogP contribution < -0.4 is 21.3 Å². The van der Waals surface area contributed by atoms with Gasteiger partial charge in [-0.25, -0.2) is 9.78 Å². The smallest absolute Gasteiger partial charge is 0.335 e. The number of nitrogens with two attached hydrogens (primary N) is 1. The van der Waals surface area contributed by atoms with Gasteiger partial charge in [0.1, 0.15) is 0 Å². The molecule has 5 N–H and O–H groups in total. The first-order valence-corrected chi connectivity index (χ1v) is 12.3. The zero-order valence-corrected chi connectivity index (χ0v) is 20.9. The number of hydrogen-bond donors (Lipinski definition) is 4. The van der Waals surface area contributed by atoms with Crippen molar-refractivity contribution in [1.82, 2.24) is 14.8 Å². The Labute approximate surface area is 211 Å². The number of halogens is 1. The number of nitrogens with one attached hydrogen (secondary N) is 2. The second kappa shape index (κ2) is 8.83. The summed E-state index contributed by atoms with van der Waals surface area (Å²) in [4.78, 5) is 35.6. The summed E-state index contributed by atoms with van der Waals surface area (Å²) in [6.45, 7) is 2.88. The number of carboxylic acids is 1. The summed E-state index contributed by atoms with van der Waals surface area (Å²) in [6, 6.07) is 9.52. The van der Waals surface area contributed by atoms with Crippen LogP contribution in [0, 0.1) is 0 Å². The maximum absolute atomic E-state index is 13.1. The fourth-order valence-corrected chi connectivity index (χ4v) is 6.02. The molecule has 1 amide bonds. The summed E-state index contributed by atoms with van der Waals surface area (Å²) >= 11 is 7.59. The molecule has 2 atom stereocenters. The Hall–Kier alpha value is -3.12. The summed E-state index contributed by atoms with van der Waals surface area (Å²) in [5.41, 5.74) is 8.31. The molecule has 0 spiro atoms. The van der Waals surface area contributed by atoms with E-state index >= 15 is 0 Å². The van der Waals surface area contributed by atoms with Crippen molar-refractivity contribution < 1.29 is 14.7 Å². The van der Waals surface area contributed by atoms with E-state index < -0.39 is 23.7 Å². The van der Waals surface area contributed by atoms with Crippen LogP contribution >= 0.6 is 22.9 Å². The highest BCUT2D eigenvalue weighted by atomic mass is 35.5. The highest BCUT2D eigenvalue weighted by Gasteiger charge is 2.54. The van der Waals surface area contributed by atoms with Gasteiger partial charge in [0.05, 0.1) is 27.2 Å². The largest absolute Gasteiger partial charge is 0.478 e. The Balaban J connectivity index is 1.61. The zero-order chi connectivity index (χ0) is 24.9. The van der Waals surface area contributed by atoms with Gasteiger partial charge in [0, 0.05) is 38.2 Å². The van der Waals surface area contributed by atoms with Crippen molar-refractivity contribution in [3.63, 3.8) is 0 Å². The predicted octanol–water partition coefficient (Wildman–Crippen LogP) is 2.38. The minimum atomic E-state index is -1.21. The van der Waals surface area contributed by atoms with E-state index in [1.54, 1.807) is 24.3 Å². The van der Waals surface area contributed by atoms with Crippen molar-refractivity contribution in [2.24, 2.45) is 5.73 Å². The van der Waals surface area contributed by atoms with Gasteiger partial charge in [-0.1, -0.05) is 22.9 Å². The van der Waals surface area contributed by atoms with Gasteiger partial charge in [-0.2, -0.15) is 0 Å². The van der Waals surface area contributed by atoms with E-state index in [0.717, 1.165) is 29.0 Å². The average Bonchev–Trinajstić information content (AvgIpc) is 3.32. The molecule has 0 radical (unpaired) electrons. The number of benzene rings is 2. The van der Waals surface area contributed by atoms with E-state index in [9.17, 15) is 14.7 Å². The Kier molecular flexibility index (Phi) is 5.96. The Morgan fingerprint density at radius 3 is 2.63 bits per heavy atom. The van der Waals surface area contributed by atoms with Gasteiger partial charge in [-0.3, -0.25) is 9.69 Å². The van der Waals surface area contributed by atoms with Gasteiger partial charge in [0.25, 0.3) is 0 Å². The van der Waals surface area contributed by atoms with Crippen LogP contribution in [0.5, 0.6) is 0 Å². The summed E-state index contributed by atoms with van der Waals surface area (Å²) in [6.07, 6.45) is 0. The van der Waals surface area contributed by atoms with Crippen LogP contribution in [0.25, 0.3) is 10.2 Å². The molecule has 10 nitrogen and oxygen atoms in total. The third kappa shape index (κ3) is 4.14. The zero-order valence-electron chi connectivity index (χ0n) is 19.3. The molecule has 2 aromatic carbocycles. The number of nitrogens with zero attached hydrogens (tertiary/aromatic N) is 4. The summed E-state index contributed by atoms with van der Waals surface area (Å²) in [5.74, 6) is -2.74. The van der Waals surface area contributed by atoms with E-state index in [2.05, 4.69) is 20.4 Å². The van der Waals surface area contributed by atoms with Crippen LogP contribution in [0.4, 0.5) is 16.5 Å². The number of rotatable bonds is 6. The molecular formula is C23H26ClN7O3S. The fourth-order valence-electron chi connectivity index (χ4n) is 4.82. The quantitative estimate of drug-likeness (QED) is 0.391. The monoisotopic (exact) mass is 515 g/mol. The van der Waals surface area contributed by atoms with Crippen molar-refractivity contribution in [3.8, 4) is 0 Å². The molecule has 1 aromatic heterocycles. The van der Waals surface area contributed by atoms with Crippen LogP contribution in [0.1, 0.15) is 10.4 Å². The van der Waals surface area contributed by atoms with E-state index in [-0.39, 0.29) is 5.56 Å². The summed E-state index contributed by atoms with van der Waals surface area (Å²) in [7, 11) is 3.89. The number of amides is 1. The molecule has 12 heteroatoms. The first-order valence-electron chi connectivity index (χ1n) is 11.1. The maximum Gasteiger partial charge on any atom is 0.335 e. The molecule has 1 fully saturated rings. The minimum Gasteiger partial charge on any atom is -0.478 e. The second-order valence-electron chi connectivity index (χ2n) is 8.89. The number of primary amides is 1. The lowest BCUT2D eigenvalue weighted by Gasteiger charge is -2.48. The number of carbonyl (C=O) groups is 2. The van der Waals surface area contributed by atoms with Gasteiger partial charge in [-0.15, -0.1) is 0 Å². The third-order valence-corrected chi connectivity index (χ3v) is 7.84. The second-order valence-corrected chi connectivity index (χ2v) is 10.4. The van der Waals surface area contributed by atoms with Crippen molar-refractivity contribution >= 4 is 61.5 Å². The number of hydrogen-bond acceptors (Lipinski definition) is 9. The lowest BCUT2D eigenvalue weighted by Crippen LogP contribution is -2.73. The third-order valence-electron chi connectivity index (χ3n) is 6.68. The molecule has 0 aliphatic carbocycles. The van der Waals surface area contributed by atoms with Crippen molar-refractivity contribution in [1.29, 1.82) is 0 Å². The highest BCUT2D eigenvalue weighted by Crippen LogP contribution is 2.43. The Morgan fingerprint density at radius 2 is 1.94 bits per heavy atom. The van der Waals surface area contributed by atoms with Crippen LogP contribution in [-0.4, -0.2) is 83.9 Å². The number of fused-ring (bicyclic) bond motifs is 2. The molecule has 184 valence electrons. The standard InChI is InChI=1S/C23H26ClN7O3S/c1-29-7-9-31(10-8-29)19(20(25)32)23(28-22-26-15-5-4-14(24)12-18(15)35-22)27-16-11-13(21(33)34)3-6-17(16)30(23)2/h3-6,11-12,19,27H,7-10H2,1-2H3,(H2,25,32)(H,26,28)(H,33,34). The van der Waals surface area contributed by atoms with Gasteiger partial charge >= 0.3 is 5.97 Å². The number of likely N-dealkylation sites (N-methyl/N-ethyl adjacent to an activating group) is 2. The summed E-state index contributed by atoms with van der Waals surface area (Å²) < 4.78 is 0.900. The van der Waals surface area contributed by atoms with Gasteiger partial charge in [-0.05, 0) is 43.4 Å². The topological polar surface area (TPSA) is 127 Å². The van der Waals surface area contributed by atoms with Crippen molar-refractivity contribution in [3.05, 3.63) is 47.0 Å². The highest BCUT2D eigenvalue weighted by molar-refractivity contribution is 7.22. The molecule has 1 saturated heterocycles. The number of thiazole rings is 1. The molecule has 2 unspecified atom stereocenters. The molecule has 3 aromatic rings. The molecule has 35 heavy (non-hydrogen) atoms. The van der Waals surface area contributed by atoms with Crippen LogP contribution in [0.15, 0.2) is 36.4 Å². The van der Waals surface area contributed by atoms with Crippen LogP contribution in [-0.2, 0) is 4.79 Å². The minimum absolute atomic E-state index is 0.144. The number of anilines is 3. The number of carbonyl (C=O) groups excluding carboxylic acids is 1. The van der Waals surface area contributed by atoms with E-state index in [1.807, 2.05) is 31.1 Å². The van der Waals surface area contributed by atoms with Gasteiger partial charge < -0.3 is 31.3 Å². The normalized spacial score (nSPS) is 21.5. The molecule has 2 aliphatic heterocycles. The van der Waals surface area contributed by atoms with Crippen molar-refractivity contribution in [2.45, 2.75) is 11.8 Å². The lowest BCUT2D eigenvalue weighted by molar-refractivity contribution is -0.125. The molecule has 0 bridgehead atoms. The summed E-state index contributed by atoms with van der Waals surface area (Å²) in [5, 5.41) is 17.6. The maximum atomic E-state index is 13.1. The molecular weight excluding hydrogens is 490 g/mol. The van der Waals surface area contributed by atoms with E-state index in [0.29, 0.717) is 28.9 Å². The molecule has 0 saturated carbocycles. The average molecular weight is 516 g/mol. The Bertz CT molecular complexity index is 1310. The SMILES string of the molecule is CN1CCN(C(C(N)=O)C2(Nc3nc4ccc(Cl)cc4s3)Nc3cc(C(=O)O)ccc3N2C)CC1. The number of aromatic nitrogens is 1. The van der Waals surface area contributed by atoms with E-state index in [1.165, 1.54) is 11.3 Å². The number of piperazine rings is 1. The molecule has 5 rings (SSSR count). The number of aromatic carboxylic acids is 1. The first-order chi connectivity index (χ1) is 16.7. The van der Waals surface area contributed by atoms with Crippen LogP contribution in [0.3, 0.4) is 0 Å². The fraction of sp³-hybridized carbons (Fsp3) is 0.348. The van der Waals surface area contributed by atoms with Gasteiger partial charge in [0.15, 0.2) is 11.2 Å². The number of carboxylic acid groups (broad SMARTS) is 1. The Morgan fingerprint density at radius 1 is 1.20 bits per heavy atom. The molecule has 3 heterocycles.